The van der Waals surface area contributed by atoms with Crippen molar-refractivity contribution < 1.29 is 16.8 Å². The summed E-state index contributed by atoms with van der Waals surface area (Å²) in [5.74, 6) is 0. The molecule has 0 unspecified atom stereocenters. The highest BCUT2D eigenvalue weighted by Crippen LogP contribution is 2.22. The van der Waals surface area contributed by atoms with Crippen LogP contribution in [0.2, 0.25) is 5.02 Å². The van der Waals surface area contributed by atoms with Crippen LogP contribution in [-0.2, 0) is 20.0 Å². The third kappa shape index (κ3) is 3.10. The van der Waals surface area contributed by atoms with Gasteiger partial charge in [0.15, 0.2) is 0 Å². The first-order valence-corrected chi connectivity index (χ1v) is 8.16. The Morgan fingerprint density at radius 2 is 1.31 bits per heavy atom. The van der Waals surface area contributed by atoms with Crippen LogP contribution in [0.25, 0.3) is 0 Å². The Morgan fingerprint density at radius 3 is 1.62 bits per heavy atom. The predicted octanol–water partition coefficient (Wildman–Crippen LogP) is 1.07. The van der Waals surface area contributed by atoms with E-state index in [1.807, 2.05) is 0 Å². The summed E-state index contributed by atoms with van der Waals surface area (Å²) in [4.78, 5) is 0. The minimum absolute atomic E-state index is 0.0365. The fraction of sp³-hybridized carbons (Fsp3) is 0.250. The lowest BCUT2D eigenvalue weighted by atomic mass is 10.3. The van der Waals surface area contributed by atoms with E-state index >= 15 is 0 Å². The van der Waals surface area contributed by atoms with Crippen LogP contribution in [0.3, 0.4) is 0 Å². The molecule has 0 radical (unpaired) electrons. The van der Waals surface area contributed by atoms with Gasteiger partial charge in [-0.25, -0.2) is 16.8 Å². The topological polar surface area (TPSA) is 71.5 Å². The largest absolute Gasteiger partial charge is 0.245 e. The number of hydrogen-bond acceptors (Lipinski definition) is 4. The molecule has 0 saturated carbocycles. The van der Waals surface area contributed by atoms with Gasteiger partial charge in [-0.05, 0) is 24.3 Å². The van der Waals surface area contributed by atoms with Crippen molar-refractivity contribution in [1.82, 2.24) is 0 Å². The summed E-state index contributed by atoms with van der Waals surface area (Å²) in [6.07, 6.45) is 1.64. The molecule has 0 amide bonds. The maximum Gasteiger partial charge on any atom is 0.245 e. The summed E-state index contributed by atoms with van der Waals surface area (Å²) in [6, 6.07) is 5.48. The maximum atomic E-state index is 11.4. The smallest absolute Gasteiger partial charge is 0.206 e. The van der Waals surface area contributed by atoms with E-state index in [0.29, 0.717) is 8.73 Å². The van der Waals surface area contributed by atoms with Crippen molar-refractivity contribution in [2.45, 2.75) is 0 Å². The van der Waals surface area contributed by atoms with Crippen molar-refractivity contribution in [1.29, 1.82) is 0 Å². The average Bonchev–Trinajstić information content (AvgIpc) is 2.03. The van der Waals surface area contributed by atoms with Crippen LogP contribution < -0.4 is 3.71 Å². The summed E-state index contributed by atoms with van der Waals surface area (Å²) < 4.78 is 45.9. The molecule has 8 heteroatoms. The molecule has 1 rings (SSSR count). The molecule has 1 aromatic carbocycles. The molecule has 0 aliphatic heterocycles. The minimum atomic E-state index is -3.89. The average molecular weight is 284 g/mol. The second-order valence-corrected chi connectivity index (χ2v) is 7.53. The molecule has 0 aromatic heterocycles. The third-order valence-corrected chi connectivity index (χ3v) is 5.14. The highest BCUT2D eigenvalue weighted by atomic mass is 35.5. The van der Waals surface area contributed by atoms with E-state index in [1.54, 1.807) is 0 Å². The first-order valence-electron chi connectivity index (χ1n) is 4.08. The lowest BCUT2D eigenvalue weighted by molar-refractivity contribution is 0.591. The first-order chi connectivity index (χ1) is 7.12. The predicted molar refractivity (Wildman–Crippen MR) is 63.6 cm³/mol. The number of sulfonamides is 2. The van der Waals surface area contributed by atoms with Gasteiger partial charge >= 0.3 is 0 Å². The number of nitrogens with zero attached hydrogens (tertiary/aromatic N) is 1. The SMILES string of the molecule is CS(=O)(=O)N(c1ccc(Cl)cc1)S(C)(=O)=O. The number of halogens is 1. The molecule has 1 aromatic rings. The van der Waals surface area contributed by atoms with Crippen LogP contribution in [0.15, 0.2) is 24.3 Å². The van der Waals surface area contributed by atoms with Crippen LogP contribution in [0, 0.1) is 0 Å². The molecule has 0 aliphatic carbocycles. The monoisotopic (exact) mass is 283 g/mol. The van der Waals surface area contributed by atoms with E-state index in [1.165, 1.54) is 24.3 Å². The third-order valence-electron chi connectivity index (χ3n) is 1.64. The molecule has 16 heavy (non-hydrogen) atoms. The summed E-state index contributed by atoms with van der Waals surface area (Å²) in [7, 11) is -7.77. The molecule has 0 bridgehead atoms. The van der Waals surface area contributed by atoms with Crippen LogP contribution in [-0.4, -0.2) is 29.3 Å². The maximum absolute atomic E-state index is 11.4. The van der Waals surface area contributed by atoms with Crippen molar-refractivity contribution in [3.8, 4) is 0 Å². The summed E-state index contributed by atoms with van der Waals surface area (Å²) in [5, 5.41) is 0.394. The molecule has 0 spiro atoms. The van der Waals surface area contributed by atoms with E-state index in [4.69, 9.17) is 11.6 Å². The van der Waals surface area contributed by atoms with Gasteiger partial charge in [0.1, 0.15) is 0 Å². The van der Waals surface area contributed by atoms with E-state index < -0.39 is 20.0 Å². The Kier molecular flexibility index (Phi) is 3.51. The highest BCUT2D eigenvalue weighted by molar-refractivity contribution is 8.09. The van der Waals surface area contributed by atoms with Crippen molar-refractivity contribution >= 4 is 37.3 Å². The van der Waals surface area contributed by atoms with Crippen molar-refractivity contribution in [2.75, 3.05) is 16.2 Å². The quantitative estimate of drug-likeness (QED) is 0.832. The Balaban J connectivity index is 3.41. The van der Waals surface area contributed by atoms with Crippen molar-refractivity contribution in [2.24, 2.45) is 0 Å². The van der Waals surface area contributed by atoms with Crippen molar-refractivity contribution in [3.05, 3.63) is 29.3 Å². The zero-order valence-corrected chi connectivity index (χ0v) is 11.0. The van der Waals surface area contributed by atoms with Gasteiger partial charge in [-0.3, -0.25) is 0 Å². The molecule has 0 N–H and O–H groups in total. The van der Waals surface area contributed by atoms with E-state index in [2.05, 4.69) is 0 Å². The standard InChI is InChI=1S/C8H10ClNO4S2/c1-15(11,12)10(16(2,13)14)8-5-3-7(9)4-6-8/h3-6H,1-2H3. The van der Waals surface area contributed by atoms with Crippen molar-refractivity contribution in [3.63, 3.8) is 0 Å². The Morgan fingerprint density at radius 1 is 0.938 bits per heavy atom. The Labute approximate surface area is 99.7 Å². The molecule has 0 fully saturated rings. The molecule has 0 atom stereocenters. The van der Waals surface area contributed by atoms with Crippen LogP contribution in [0.1, 0.15) is 0 Å². The van der Waals surface area contributed by atoms with Crippen LogP contribution in [0.5, 0.6) is 0 Å². The minimum Gasteiger partial charge on any atom is -0.206 e. The van der Waals surface area contributed by atoms with Gasteiger partial charge in [0.05, 0.1) is 18.2 Å². The number of benzene rings is 1. The number of anilines is 1. The fourth-order valence-electron chi connectivity index (χ4n) is 1.19. The van der Waals surface area contributed by atoms with Gasteiger partial charge in [-0.2, -0.15) is 3.71 Å². The molecular formula is C8H10ClNO4S2. The molecule has 90 valence electrons. The second-order valence-electron chi connectivity index (χ2n) is 3.20. The zero-order valence-electron chi connectivity index (χ0n) is 8.58. The van der Waals surface area contributed by atoms with Gasteiger partial charge in [0.25, 0.3) is 0 Å². The molecule has 5 nitrogen and oxygen atoms in total. The van der Waals surface area contributed by atoms with Gasteiger partial charge in [0, 0.05) is 5.02 Å². The van der Waals surface area contributed by atoms with Crippen LogP contribution >= 0.6 is 11.6 Å². The number of rotatable bonds is 3. The van der Waals surface area contributed by atoms with E-state index in [9.17, 15) is 16.8 Å². The Hall–Kier alpha value is -0.790. The molecular weight excluding hydrogens is 274 g/mol. The lowest BCUT2D eigenvalue weighted by Gasteiger charge is -2.19. The highest BCUT2D eigenvalue weighted by Gasteiger charge is 2.26. The van der Waals surface area contributed by atoms with Gasteiger partial charge < -0.3 is 0 Å². The van der Waals surface area contributed by atoms with E-state index in [0.717, 1.165) is 12.5 Å². The molecule has 0 saturated heterocycles. The lowest BCUT2D eigenvalue weighted by Crippen LogP contribution is -2.35. The number of hydrogen-bond donors (Lipinski definition) is 0. The van der Waals surface area contributed by atoms with Gasteiger partial charge in [-0.1, -0.05) is 11.6 Å². The van der Waals surface area contributed by atoms with Gasteiger partial charge in [0.2, 0.25) is 20.0 Å². The summed E-state index contributed by atoms with van der Waals surface area (Å²) >= 11 is 5.63. The van der Waals surface area contributed by atoms with Crippen LogP contribution in [0.4, 0.5) is 5.69 Å². The molecule has 0 aliphatic rings. The fourth-order valence-corrected chi connectivity index (χ4v) is 4.29. The first kappa shape index (κ1) is 13.3. The molecule has 0 heterocycles. The summed E-state index contributed by atoms with van der Waals surface area (Å²) in [6.45, 7) is 0. The second kappa shape index (κ2) is 4.23. The normalized spacial score (nSPS) is 12.4. The van der Waals surface area contributed by atoms with Gasteiger partial charge in [-0.15, -0.1) is 0 Å². The zero-order chi connectivity index (χ0) is 12.6. The summed E-state index contributed by atoms with van der Waals surface area (Å²) in [5.41, 5.74) is 0.0365. The van der Waals surface area contributed by atoms with E-state index in [-0.39, 0.29) is 5.69 Å². The Bertz CT molecular complexity index is 545.